The summed E-state index contributed by atoms with van der Waals surface area (Å²) >= 11 is 0. The number of allylic oxidation sites excluding steroid dienone is 2. The van der Waals surface area contributed by atoms with Gasteiger partial charge in [-0.15, -0.1) is 0 Å². The number of aliphatic carboxylic acids is 1. The van der Waals surface area contributed by atoms with Crippen molar-refractivity contribution in [3.05, 3.63) is 67.8 Å². The molecule has 3 heteroatoms. The molecule has 0 heterocycles. The highest BCUT2D eigenvalue weighted by Crippen LogP contribution is 1.97. The fourth-order valence-corrected chi connectivity index (χ4v) is 0.874. The maximum absolute atomic E-state index is 10.0. The summed E-state index contributed by atoms with van der Waals surface area (Å²) < 4.78 is 0. The van der Waals surface area contributed by atoms with Crippen molar-refractivity contribution >= 4 is 12.0 Å². The minimum Gasteiger partial charge on any atom is -0.480 e. The van der Waals surface area contributed by atoms with E-state index in [1.165, 1.54) is 5.56 Å². The average molecular weight is 275 g/mol. The monoisotopic (exact) mass is 275 g/mol. The number of benzene rings is 1. The van der Waals surface area contributed by atoms with Crippen molar-refractivity contribution in [2.45, 2.75) is 19.9 Å². The van der Waals surface area contributed by atoms with Crippen LogP contribution in [0.4, 0.5) is 0 Å². The maximum atomic E-state index is 10.0. The third-order valence-corrected chi connectivity index (χ3v) is 2.21. The van der Waals surface area contributed by atoms with E-state index < -0.39 is 12.0 Å². The van der Waals surface area contributed by atoms with E-state index in [0.717, 1.165) is 0 Å². The molecule has 0 saturated heterocycles. The molecule has 1 rings (SSSR count). The molecule has 20 heavy (non-hydrogen) atoms. The van der Waals surface area contributed by atoms with Crippen LogP contribution in [0.1, 0.15) is 19.4 Å². The molecule has 0 radical (unpaired) electrons. The van der Waals surface area contributed by atoms with Gasteiger partial charge >= 0.3 is 5.97 Å². The smallest absolute Gasteiger partial charge is 0.320 e. The zero-order chi connectivity index (χ0) is 16.0. The van der Waals surface area contributed by atoms with Gasteiger partial charge in [-0.3, -0.25) is 4.79 Å². The standard InChI is InChI=1S/C8H8.C5H11NO2.C4H6/c1-2-8-6-4-3-5-7-8;1-3(2)4(6)5(7)8;1-3-4-2/h2-7H,1H2;3-4H,6H2,1-2H3,(H,7,8);3-4H,1-2H2/t;4-;/m.0./s1. The van der Waals surface area contributed by atoms with E-state index >= 15 is 0 Å². The van der Waals surface area contributed by atoms with Gasteiger partial charge in [0.05, 0.1) is 0 Å². The van der Waals surface area contributed by atoms with Gasteiger partial charge < -0.3 is 10.8 Å². The molecule has 1 atom stereocenters. The Labute approximate surface area is 122 Å². The predicted octanol–water partition coefficient (Wildman–Crippen LogP) is 3.74. The normalized spacial score (nSPS) is 10.0. The summed E-state index contributed by atoms with van der Waals surface area (Å²) in [6.07, 6.45) is 5.11. The van der Waals surface area contributed by atoms with E-state index in [4.69, 9.17) is 10.8 Å². The second kappa shape index (κ2) is 13.3. The fraction of sp³-hybridized carbons (Fsp3) is 0.235. The van der Waals surface area contributed by atoms with Crippen LogP contribution in [0.25, 0.3) is 6.08 Å². The van der Waals surface area contributed by atoms with Crippen LogP contribution in [0.15, 0.2) is 62.2 Å². The topological polar surface area (TPSA) is 63.3 Å². The Balaban J connectivity index is 0. The number of carboxylic acid groups (broad SMARTS) is 1. The maximum Gasteiger partial charge on any atom is 0.320 e. The minimum atomic E-state index is -0.931. The van der Waals surface area contributed by atoms with Gasteiger partial charge in [-0.1, -0.05) is 82.1 Å². The van der Waals surface area contributed by atoms with Gasteiger partial charge in [0.1, 0.15) is 6.04 Å². The molecule has 3 nitrogen and oxygen atoms in total. The Bertz CT molecular complexity index is 391. The van der Waals surface area contributed by atoms with Crippen LogP contribution in [-0.2, 0) is 4.79 Å². The summed E-state index contributed by atoms with van der Waals surface area (Å²) in [5, 5.41) is 8.23. The van der Waals surface area contributed by atoms with Gasteiger partial charge in [-0.2, -0.15) is 0 Å². The molecule has 0 aliphatic rings. The van der Waals surface area contributed by atoms with Crippen molar-refractivity contribution in [3.8, 4) is 0 Å². The first kappa shape index (κ1) is 20.2. The summed E-state index contributed by atoms with van der Waals surface area (Å²) in [6.45, 7) is 13.9. The molecule has 1 aromatic carbocycles. The largest absolute Gasteiger partial charge is 0.480 e. The number of carbonyl (C=O) groups is 1. The van der Waals surface area contributed by atoms with Crippen LogP contribution in [0, 0.1) is 5.92 Å². The van der Waals surface area contributed by atoms with Crippen LogP contribution >= 0.6 is 0 Å². The van der Waals surface area contributed by atoms with Crippen molar-refractivity contribution in [1.82, 2.24) is 0 Å². The molecule has 0 amide bonds. The fourth-order valence-electron chi connectivity index (χ4n) is 0.874. The van der Waals surface area contributed by atoms with Gasteiger partial charge in [-0.25, -0.2) is 0 Å². The molecular formula is C17H25NO2. The quantitative estimate of drug-likeness (QED) is 0.823. The van der Waals surface area contributed by atoms with Crippen molar-refractivity contribution < 1.29 is 9.90 Å². The van der Waals surface area contributed by atoms with Gasteiger partial charge in [-0.05, 0) is 11.5 Å². The van der Waals surface area contributed by atoms with E-state index in [1.807, 2.05) is 36.4 Å². The lowest BCUT2D eigenvalue weighted by atomic mass is 10.1. The molecule has 0 fully saturated rings. The summed E-state index contributed by atoms with van der Waals surface area (Å²) in [7, 11) is 0. The lowest BCUT2D eigenvalue weighted by Crippen LogP contribution is -2.34. The highest BCUT2D eigenvalue weighted by atomic mass is 16.4. The first-order valence-electron chi connectivity index (χ1n) is 6.30. The Kier molecular flexibility index (Phi) is 13.4. The molecule has 0 aliphatic carbocycles. The van der Waals surface area contributed by atoms with E-state index in [1.54, 1.807) is 26.0 Å². The number of nitrogens with two attached hydrogens (primary N) is 1. The molecular weight excluding hydrogens is 250 g/mol. The predicted molar refractivity (Wildman–Crippen MR) is 87.4 cm³/mol. The van der Waals surface area contributed by atoms with Crippen LogP contribution < -0.4 is 5.73 Å². The second-order valence-electron chi connectivity index (χ2n) is 4.19. The molecule has 1 aromatic rings. The van der Waals surface area contributed by atoms with Gasteiger partial charge in [0, 0.05) is 0 Å². The Morgan fingerprint density at radius 3 is 1.75 bits per heavy atom. The summed E-state index contributed by atoms with van der Waals surface area (Å²) in [6, 6.07) is 9.32. The third kappa shape index (κ3) is 12.3. The Morgan fingerprint density at radius 1 is 1.15 bits per heavy atom. The van der Waals surface area contributed by atoms with Crippen molar-refractivity contribution in [3.63, 3.8) is 0 Å². The molecule has 0 unspecified atom stereocenters. The van der Waals surface area contributed by atoms with Gasteiger partial charge in [0.15, 0.2) is 0 Å². The number of rotatable bonds is 4. The van der Waals surface area contributed by atoms with Crippen molar-refractivity contribution in [2.75, 3.05) is 0 Å². The molecule has 0 aromatic heterocycles. The lowest BCUT2D eigenvalue weighted by Gasteiger charge is -2.07. The molecule has 0 aliphatic heterocycles. The summed E-state index contributed by atoms with van der Waals surface area (Å²) in [5.74, 6) is -0.910. The second-order valence-corrected chi connectivity index (χ2v) is 4.19. The molecule has 0 spiro atoms. The van der Waals surface area contributed by atoms with Crippen molar-refractivity contribution in [2.24, 2.45) is 11.7 Å². The summed E-state index contributed by atoms with van der Waals surface area (Å²) in [4.78, 5) is 10.0. The first-order valence-corrected chi connectivity index (χ1v) is 6.30. The highest BCUT2D eigenvalue weighted by Gasteiger charge is 2.14. The minimum absolute atomic E-state index is 0.0208. The first-order chi connectivity index (χ1) is 9.40. The van der Waals surface area contributed by atoms with Crippen LogP contribution in [-0.4, -0.2) is 17.1 Å². The molecule has 0 saturated carbocycles. The number of hydrogen-bond acceptors (Lipinski definition) is 2. The van der Waals surface area contributed by atoms with E-state index in [0.29, 0.717) is 0 Å². The highest BCUT2D eigenvalue weighted by molar-refractivity contribution is 5.73. The van der Waals surface area contributed by atoms with E-state index in [9.17, 15) is 4.79 Å². The Hall–Kier alpha value is -2.13. The van der Waals surface area contributed by atoms with E-state index in [-0.39, 0.29) is 5.92 Å². The number of hydrogen-bond donors (Lipinski definition) is 2. The zero-order valence-corrected chi connectivity index (χ0v) is 12.3. The number of carboxylic acids is 1. The SMILES string of the molecule is C=CC=C.C=Cc1ccccc1.CC(C)[C@H](N)C(=O)O. The summed E-state index contributed by atoms with van der Waals surface area (Å²) in [5.41, 5.74) is 6.33. The van der Waals surface area contributed by atoms with Gasteiger partial charge in [0.2, 0.25) is 0 Å². The van der Waals surface area contributed by atoms with Crippen LogP contribution in [0.5, 0.6) is 0 Å². The average Bonchev–Trinajstić information content (AvgIpc) is 2.47. The van der Waals surface area contributed by atoms with Crippen LogP contribution in [0.2, 0.25) is 0 Å². The lowest BCUT2D eigenvalue weighted by molar-refractivity contribution is -0.139. The molecule has 0 bridgehead atoms. The molecule has 110 valence electrons. The van der Waals surface area contributed by atoms with E-state index in [2.05, 4.69) is 19.7 Å². The Morgan fingerprint density at radius 2 is 1.60 bits per heavy atom. The van der Waals surface area contributed by atoms with Crippen LogP contribution in [0.3, 0.4) is 0 Å². The molecule has 3 N–H and O–H groups in total. The zero-order valence-electron chi connectivity index (χ0n) is 12.3. The third-order valence-electron chi connectivity index (χ3n) is 2.21. The van der Waals surface area contributed by atoms with Crippen molar-refractivity contribution in [1.29, 1.82) is 0 Å². The van der Waals surface area contributed by atoms with Gasteiger partial charge in [0.25, 0.3) is 0 Å².